The molecule has 1 saturated heterocycles. The van der Waals surface area contributed by atoms with Crippen LogP contribution >= 0.6 is 11.8 Å². The summed E-state index contributed by atoms with van der Waals surface area (Å²) in [6.07, 6.45) is 0. The highest BCUT2D eigenvalue weighted by molar-refractivity contribution is 8.13. The Hall–Kier alpha value is -1.79. The zero-order valence-corrected chi connectivity index (χ0v) is 16.6. The Balaban J connectivity index is 1.61. The molecule has 0 aromatic heterocycles. The number of aryl methyl sites for hydroxylation is 2. The van der Waals surface area contributed by atoms with Crippen LogP contribution in [0, 0.1) is 13.8 Å². The van der Waals surface area contributed by atoms with Gasteiger partial charge in [-0.1, -0.05) is 59.3 Å². The summed E-state index contributed by atoms with van der Waals surface area (Å²) in [5.74, 6) is 1.17. The zero-order chi connectivity index (χ0) is 18.3. The first-order valence-corrected chi connectivity index (χ1v) is 11.5. The Kier molecular flexibility index (Phi) is 4.57. The molecule has 1 fully saturated rings. The van der Waals surface area contributed by atoms with E-state index in [1.807, 2.05) is 0 Å². The van der Waals surface area contributed by atoms with Crippen LogP contribution in [0.25, 0.3) is 0 Å². The van der Waals surface area contributed by atoms with Gasteiger partial charge in [0.1, 0.15) is 0 Å². The van der Waals surface area contributed by atoms with Crippen LogP contribution in [0.2, 0.25) is 0 Å². The van der Waals surface area contributed by atoms with Crippen molar-refractivity contribution in [1.82, 2.24) is 0 Å². The topological polar surface area (TPSA) is 49.7 Å². The quantitative estimate of drug-likeness (QED) is 0.809. The largest absolute Gasteiger partial charge is 0.315 e. The third-order valence-electron chi connectivity index (χ3n) is 4.87. The number of anilines is 1. The van der Waals surface area contributed by atoms with Gasteiger partial charge in [-0.25, -0.2) is 8.42 Å². The Labute approximate surface area is 159 Å². The minimum atomic E-state index is -3.01. The first-order valence-electron chi connectivity index (χ1n) is 8.74. The van der Waals surface area contributed by atoms with Crippen molar-refractivity contribution < 1.29 is 8.42 Å². The minimum absolute atomic E-state index is 0.0808. The number of fused-ring (bicyclic) bond motifs is 1. The summed E-state index contributed by atoms with van der Waals surface area (Å²) in [7, 11) is -3.01. The Morgan fingerprint density at radius 3 is 2.58 bits per heavy atom. The molecule has 0 radical (unpaired) electrons. The predicted octanol–water partition coefficient (Wildman–Crippen LogP) is 3.58. The van der Waals surface area contributed by atoms with E-state index < -0.39 is 9.84 Å². The maximum absolute atomic E-state index is 12.1. The van der Waals surface area contributed by atoms with Gasteiger partial charge in [0.25, 0.3) is 0 Å². The van der Waals surface area contributed by atoms with E-state index >= 15 is 0 Å². The fraction of sp³-hybridized carbons (Fsp3) is 0.350. The molecule has 136 valence electrons. The molecule has 0 unspecified atom stereocenters. The molecular weight excluding hydrogens is 364 g/mol. The van der Waals surface area contributed by atoms with Crippen molar-refractivity contribution in [3.05, 3.63) is 65.2 Å². The van der Waals surface area contributed by atoms with E-state index in [0.717, 1.165) is 16.6 Å². The maximum atomic E-state index is 12.1. The third-order valence-corrected chi connectivity index (χ3v) is 7.61. The van der Waals surface area contributed by atoms with Crippen LogP contribution in [0.4, 0.5) is 5.69 Å². The van der Waals surface area contributed by atoms with E-state index in [4.69, 9.17) is 4.99 Å². The fourth-order valence-electron chi connectivity index (χ4n) is 3.59. The first-order chi connectivity index (χ1) is 12.4. The summed E-state index contributed by atoms with van der Waals surface area (Å²) < 4.78 is 24.2. The van der Waals surface area contributed by atoms with Crippen molar-refractivity contribution >= 4 is 32.5 Å². The molecular formula is C20H22N2O2S2. The van der Waals surface area contributed by atoms with Crippen LogP contribution < -0.4 is 4.90 Å². The Morgan fingerprint density at radius 1 is 1.08 bits per heavy atom. The average molecular weight is 387 g/mol. The smallest absolute Gasteiger partial charge is 0.164 e. The summed E-state index contributed by atoms with van der Waals surface area (Å²) in [6.45, 7) is 4.15. The Bertz CT molecular complexity index is 952. The number of hydrogen-bond donors (Lipinski definition) is 0. The van der Waals surface area contributed by atoms with Gasteiger partial charge >= 0.3 is 0 Å². The van der Waals surface area contributed by atoms with Gasteiger partial charge in [-0.05, 0) is 31.5 Å². The van der Waals surface area contributed by atoms with Gasteiger partial charge in [0.05, 0.1) is 23.6 Å². The fourth-order valence-corrected chi connectivity index (χ4v) is 6.50. The molecule has 0 amide bonds. The molecule has 4 nitrogen and oxygen atoms in total. The number of hydrogen-bond acceptors (Lipinski definition) is 5. The standard InChI is InChI=1S/C20H22N2O2S2/c1-14-6-8-17(9-7-14)22-19-13-26(23,24)12-18(19)21-20(22)25-11-16-5-3-4-15(2)10-16/h3-10,18-19H,11-13H2,1-2H3/t18-,19+/m0/s1. The number of benzene rings is 2. The lowest BCUT2D eigenvalue weighted by molar-refractivity contribution is 0.601. The van der Waals surface area contributed by atoms with E-state index in [0.29, 0.717) is 0 Å². The normalized spacial score (nSPS) is 23.8. The molecule has 6 heteroatoms. The molecule has 0 aliphatic carbocycles. The number of nitrogens with zero attached hydrogens (tertiary/aromatic N) is 2. The highest BCUT2D eigenvalue weighted by atomic mass is 32.2. The summed E-state index contributed by atoms with van der Waals surface area (Å²) >= 11 is 1.69. The van der Waals surface area contributed by atoms with Crippen LogP contribution in [-0.2, 0) is 15.6 Å². The van der Waals surface area contributed by atoms with E-state index in [1.54, 1.807) is 11.8 Å². The van der Waals surface area contributed by atoms with E-state index in [-0.39, 0.29) is 23.6 Å². The monoisotopic (exact) mass is 386 g/mol. The van der Waals surface area contributed by atoms with Crippen LogP contribution in [0.3, 0.4) is 0 Å². The van der Waals surface area contributed by atoms with Crippen molar-refractivity contribution in [3.63, 3.8) is 0 Å². The number of aliphatic imine (C=N–C) groups is 1. The molecule has 26 heavy (non-hydrogen) atoms. The summed E-state index contributed by atoms with van der Waals surface area (Å²) in [5.41, 5.74) is 4.71. The molecule has 2 aliphatic heterocycles. The van der Waals surface area contributed by atoms with Gasteiger partial charge in [0.2, 0.25) is 0 Å². The van der Waals surface area contributed by atoms with Crippen LogP contribution in [0.5, 0.6) is 0 Å². The first kappa shape index (κ1) is 17.6. The second kappa shape index (κ2) is 6.74. The summed E-state index contributed by atoms with van der Waals surface area (Å²) in [6, 6.07) is 16.5. The van der Waals surface area contributed by atoms with Crippen molar-refractivity contribution in [3.8, 4) is 0 Å². The summed E-state index contributed by atoms with van der Waals surface area (Å²) in [5, 5.41) is 0.931. The molecule has 2 aromatic carbocycles. The van der Waals surface area contributed by atoms with Gasteiger partial charge in [-0.15, -0.1) is 0 Å². The van der Waals surface area contributed by atoms with Crippen molar-refractivity contribution in [2.75, 3.05) is 16.4 Å². The van der Waals surface area contributed by atoms with Gasteiger partial charge < -0.3 is 4.90 Å². The zero-order valence-electron chi connectivity index (χ0n) is 14.9. The highest BCUT2D eigenvalue weighted by Crippen LogP contribution is 2.36. The van der Waals surface area contributed by atoms with Crippen molar-refractivity contribution in [2.45, 2.75) is 31.7 Å². The van der Waals surface area contributed by atoms with Gasteiger partial charge in [-0.3, -0.25) is 4.99 Å². The average Bonchev–Trinajstić information content (AvgIpc) is 3.05. The maximum Gasteiger partial charge on any atom is 0.164 e. The number of sulfone groups is 1. The third kappa shape index (κ3) is 3.53. The van der Waals surface area contributed by atoms with Crippen LogP contribution in [0.15, 0.2) is 53.5 Å². The van der Waals surface area contributed by atoms with Gasteiger partial charge in [0.15, 0.2) is 15.0 Å². The van der Waals surface area contributed by atoms with Gasteiger partial charge in [0, 0.05) is 11.4 Å². The molecule has 0 N–H and O–H groups in total. The predicted molar refractivity (Wildman–Crippen MR) is 110 cm³/mol. The van der Waals surface area contributed by atoms with Crippen LogP contribution in [0.1, 0.15) is 16.7 Å². The molecule has 2 aromatic rings. The number of thioether (sulfide) groups is 1. The molecule has 4 rings (SSSR count). The van der Waals surface area contributed by atoms with E-state index in [2.05, 4.69) is 67.3 Å². The highest BCUT2D eigenvalue weighted by Gasteiger charge is 2.47. The van der Waals surface area contributed by atoms with Crippen molar-refractivity contribution in [1.29, 1.82) is 0 Å². The molecule has 2 atom stereocenters. The lowest BCUT2D eigenvalue weighted by Crippen LogP contribution is -2.39. The van der Waals surface area contributed by atoms with E-state index in [9.17, 15) is 8.42 Å². The number of rotatable bonds is 3. The van der Waals surface area contributed by atoms with Crippen molar-refractivity contribution in [2.24, 2.45) is 4.99 Å². The minimum Gasteiger partial charge on any atom is -0.315 e. The molecule has 2 aliphatic rings. The second-order valence-corrected chi connectivity index (χ2v) is 10.2. The molecule has 0 bridgehead atoms. The molecule has 2 heterocycles. The van der Waals surface area contributed by atoms with E-state index in [1.165, 1.54) is 16.7 Å². The lowest BCUT2D eigenvalue weighted by Gasteiger charge is -2.26. The second-order valence-electron chi connectivity index (χ2n) is 7.11. The number of amidine groups is 1. The SMILES string of the molecule is Cc1ccc(N2C(SCc3cccc(C)c3)=N[C@H]3CS(=O)(=O)C[C@H]32)cc1. The summed E-state index contributed by atoms with van der Waals surface area (Å²) in [4.78, 5) is 6.92. The molecule has 0 saturated carbocycles. The van der Waals surface area contributed by atoms with Crippen LogP contribution in [-0.4, -0.2) is 37.2 Å². The lowest BCUT2D eigenvalue weighted by atomic mass is 10.1. The van der Waals surface area contributed by atoms with Gasteiger partial charge in [-0.2, -0.15) is 0 Å². The molecule has 0 spiro atoms. The Morgan fingerprint density at radius 2 is 1.85 bits per heavy atom.